The second kappa shape index (κ2) is 1.95. The van der Waals surface area contributed by atoms with Crippen molar-refractivity contribution in [2.24, 2.45) is 0 Å². The molecular formula is C7H4O2S. The van der Waals surface area contributed by atoms with Crippen LogP contribution >= 0.6 is 11.3 Å². The Kier molecular flexibility index (Phi) is 1.11. The van der Waals surface area contributed by atoms with Gasteiger partial charge in [0.05, 0.1) is 11.1 Å². The fourth-order valence-corrected chi connectivity index (χ4v) is 1.64. The molecule has 2 heterocycles. The summed E-state index contributed by atoms with van der Waals surface area (Å²) in [4.78, 5) is 11.8. The highest BCUT2D eigenvalue weighted by Gasteiger charge is 2.01. The first-order chi connectivity index (χ1) is 4.90. The van der Waals surface area contributed by atoms with Crippen LogP contribution in [0.25, 0.3) is 10.3 Å². The van der Waals surface area contributed by atoms with Gasteiger partial charge in [0.1, 0.15) is 0 Å². The average Bonchev–Trinajstić information content (AvgIpc) is 2.42. The Labute approximate surface area is 61.1 Å². The first kappa shape index (κ1) is 5.68. The second-order valence-electron chi connectivity index (χ2n) is 1.93. The minimum absolute atomic E-state index is 0.717. The molecule has 0 radical (unpaired) electrons. The Hall–Kier alpha value is -1.09. The first-order valence-electron chi connectivity index (χ1n) is 2.82. The maximum Gasteiger partial charge on any atom is 0.188 e. The summed E-state index contributed by atoms with van der Waals surface area (Å²) in [6.45, 7) is 0. The van der Waals surface area contributed by atoms with Crippen LogP contribution < -0.4 is 0 Å². The third-order valence-corrected chi connectivity index (χ3v) is 2.25. The van der Waals surface area contributed by atoms with Crippen LogP contribution in [0.1, 0.15) is 9.67 Å². The maximum absolute atomic E-state index is 10.2. The monoisotopic (exact) mass is 152 g/mol. The standard InChI is InChI=1S/C7H4O2S/c8-4-6-3-5-1-2-9-7(5)10-6/h1-4H. The van der Waals surface area contributed by atoms with Crippen molar-refractivity contribution in [1.29, 1.82) is 0 Å². The number of aldehydes is 1. The van der Waals surface area contributed by atoms with Crippen LogP contribution in [0.3, 0.4) is 0 Å². The molecule has 0 unspecified atom stereocenters. The van der Waals surface area contributed by atoms with E-state index in [-0.39, 0.29) is 0 Å². The van der Waals surface area contributed by atoms with E-state index in [4.69, 9.17) is 4.42 Å². The number of carbonyl (C=O) groups is 1. The molecule has 0 bridgehead atoms. The van der Waals surface area contributed by atoms with Crippen LogP contribution in [0.2, 0.25) is 0 Å². The van der Waals surface area contributed by atoms with Crippen LogP contribution in [0.5, 0.6) is 0 Å². The van der Waals surface area contributed by atoms with Gasteiger partial charge in [-0.15, -0.1) is 0 Å². The molecule has 2 aromatic heterocycles. The van der Waals surface area contributed by atoms with Gasteiger partial charge in [0, 0.05) is 5.39 Å². The molecule has 2 rings (SSSR count). The molecule has 0 amide bonds. The van der Waals surface area contributed by atoms with Crippen molar-refractivity contribution < 1.29 is 9.21 Å². The van der Waals surface area contributed by atoms with E-state index in [0.717, 1.165) is 16.6 Å². The zero-order valence-corrected chi connectivity index (χ0v) is 5.85. The van der Waals surface area contributed by atoms with E-state index in [2.05, 4.69) is 0 Å². The van der Waals surface area contributed by atoms with Gasteiger partial charge in [-0.1, -0.05) is 11.3 Å². The lowest BCUT2D eigenvalue weighted by atomic mass is 10.4. The number of thiophene rings is 1. The third-order valence-electron chi connectivity index (χ3n) is 1.28. The van der Waals surface area contributed by atoms with Crippen molar-refractivity contribution >= 4 is 27.9 Å². The molecule has 0 N–H and O–H groups in total. The van der Waals surface area contributed by atoms with E-state index in [0.29, 0.717) is 4.88 Å². The van der Waals surface area contributed by atoms with Crippen LogP contribution in [-0.4, -0.2) is 6.29 Å². The summed E-state index contributed by atoms with van der Waals surface area (Å²) in [5.74, 6) is 0. The molecule has 0 aliphatic carbocycles. The number of rotatable bonds is 1. The van der Waals surface area contributed by atoms with Crippen LogP contribution in [0.15, 0.2) is 22.8 Å². The van der Waals surface area contributed by atoms with Gasteiger partial charge in [0.2, 0.25) is 0 Å². The average molecular weight is 152 g/mol. The van der Waals surface area contributed by atoms with Gasteiger partial charge >= 0.3 is 0 Å². The Balaban J connectivity index is 2.78. The summed E-state index contributed by atoms with van der Waals surface area (Å²) in [7, 11) is 0. The minimum atomic E-state index is 0.717. The lowest BCUT2D eigenvalue weighted by molar-refractivity contribution is 0.112. The zero-order chi connectivity index (χ0) is 6.97. The van der Waals surface area contributed by atoms with Crippen molar-refractivity contribution in [2.75, 3.05) is 0 Å². The van der Waals surface area contributed by atoms with Gasteiger partial charge in [-0.2, -0.15) is 0 Å². The van der Waals surface area contributed by atoms with E-state index >= 15 is 0 Å². The van der Waals surface area contributed by atoms with E-state index in [1.165, 1.54) is 11.3 Å². The molecule has 0 aromatic carbocycles. The molecular weight excluding hydrogens is 148 g/mol. The van der Waals surface area contributed by atoms with Crippen molar-refractivity contribution in [3.63, 3.8) is 0 Å². The molecule has 0 saturated heterocycles. The Morgan fingerprint density at radius 1 is 1.60 bits per heavy atom. The number of fused-ring (bicyclic) bond motifs is 1. The summed E-state index contributed by atoms with van der Waals surface area (Å²) in [6, 6.07) is 3.66. The van der Waals surface area contributed by atoms with Gasteiger partial charge in [-0.3, -0.25) is 4.79 Å². The molecule has 10 heavy (non-hydrogen) atoms. The highest BCUT2D eigenvalue weighted by atomic mass is 32.1. The fourth-order valence-electron chi connectivity index (χ4n) is 0.843. The van der Waals surface area contributed by atoms with Crippen LogP contribution in [-0.2, 0) is 0 Å². The predicted octanol–water partition coefficient (Wildman–Crippen LogP) is 2.31. The van der Waals surface area contributed by atoms with E-state index in [1.807, 2.05) is 12.1 Å². The minimum Gasteiger partial charge on any atom is -0.454 e. The van der Waals surface area contributed by atoms with Crippen molar-refractivity contribution in [3.05, 3.63) is 23.3 Å². The molecule has 0 saturated carbocycles. The highest BCUT2D eigenvalue weighted by Crippen LogP contribution is 2.24. The molecule has 0 spiro atoms. The summed E-state index contributed by atoms with van der Waals surface area (Å²) in [5, 5.41) is 1.01. The molecule has 50 valence electrons. The molecule has 3 heteroatoms. The van der Waals surface area contributed by atoms with E-state index in [9.17, 15) is 4.79 Å². The first-order valence-corrected chi connectivity index (χ1v) is 3.64. The van der Waals surface area contributed by atoms with Gasteiger partial charge < -0.3 is 4.42 Å². The van der Waals surface area contributed by atoms with E-state index in [1.54, 1.807) is 6.26 Å². The number of hydrogen-bond acceptors (Lipinski definition) is 3. The number of carbonyl (C=O) groups excluding carboxylic acids is 1. The molecule has 2 aromatic rings. The summed E-state index contributed by atoms with van der Waals surface area (Å²) in [6.07, 6.45) is 2.45. The Bertz CT molecular complexity index is 330. The smallest absolute Gasteiger partial charge is 0.188 e. The van der Waals surface area contributed by atoms with Gasteiger partial charge in [-0.25, -0.2) is 0 Å². The van der Waals surface area contributed by atoms with Crippen molar-refractivity contribution in [1.82, 2.24) is 0 Å². The summed E-state index contributed by atoms with van der Waals surface area (Å²) < 4.78 is 5.06. The Morgan fingerprint density at radius 2 is 2.50 bits per heavy atom. The topological polar surface area (TPSA) is 30.2 Å². The van der Waals surface area contributed by atoms with Crippen molar-refractivity contribution in [2.45, 2.75) is 0 Å². The Morgan fingerprint density at radius 3 is 3.20 bits per heavy atom. The summed E-state index contributed by atoms with van der Waals surface area (Å²) in [5.41, 5.74) is 0. The van der Waals surface area contributed by atoms with Crippen LogP contribution in [0.4, 0.5) is 0 Å². The fraction of sp³-hybridized carbons (Fsp3) is 0. The molecule has 0 fully saturated rings. The number of hydrogen-bond donors (Lipinski definition) is 0. The van der Waals surface area contributed by atoms with Gasteiger partial charge in [0.15, 0.2) is 11.2 Å². The van der Waals surface area contributed by atoms with Crippen molar-refractivity contribution in [3.8, 4) is 0 Å². The normalized spacial score (nSPS) is 10.4. The molecule has 0 aliphatic heterocycles. The lowest BCUT2D eigenvalue weighted by Gasteiger charge is -1.70. The third kappa shape index (κ3) is 0.675. The predicted molar refractivity (Wildman–Crippen MR) is 39.5 cm³/mol. The lowest BCUT2D eigenvalue weighted by Crippen LogP contribution is -1.62. The molecule has 2 nitrogen and oxygen atoms in total. The number of furan rings is 1. The molecule has 0 atom stereocenters. The van der Waals surface area contributed by atoms with E-state index < -0.39 is 0 Å². The van der Waals surface area contributed by atoms with Gasteiger partial charge in [-0.05, 0) is 12.1 Å². The second-order valence-corrected chi connectivity index (χ2v) is 2.98. The largest absolute Gasteiger partial charge is 0.454 e. The molecule has 0 aliphatic rings. The maximum atomic E-state index is 10.2. The quantitative estimate of drug-likeness (QED) is 0.587. The SMILES string of the molecule is O=Cc1cc2ccoc2s1. The van der Waals surface area contributed by atoms with Crippen LogP contribution in [0, 0.1) is 0 Å². The summed E-state index contributed by atoms with van der Waals surface area (Å²) >= 11 is 1.37. The zero-order valence-electron chi connectivity index (χ0n) is 5.03. The van der Waals surface area contributed by atoms with Gasteiger partial charge in [0.25, 0.3) is 0 Å². The highest BCUT2D eigenvalue weighted by molar-refractivity contribution is 7.19.